The molecule has 0 saturated carbocycles. The first-order chi connectivity index (χ1) is 12.9. The van der Waals surface area contributed by atoms with E-state index < -0.39 is 0 Å². The molecule has 0 bridgehead atoms. The van der Waals surface area contributed by atoms with E-state index in [-0.39, 0.29) is 17.8 Å². The molecule has 1 aliphatic rings. The van der Waals surface area contributed by atoms with Gasteiger partial charge in [0, 0.05) is 16.0 Å². The van der Waals surface area contributed by atoms with Gasteiger partial charge in [-0.3, -0.25) is 4.79 Å². The first-order valence-electron chi connectivity index (χ1n) is 9.16. The fourth-order valence-electron chi connectivity index (χ4n) is 3.08. The summed E-state index contributed by atoms with van der Waals surface area (Å²) in [6.45, 7) is 8.84. The Morgan fingerprint density at radius 3 is 2.89 bits per heavy atom. The van der Waals surface area contributed by atoms with Crippen LogP contribution in [0.25, 0.3) is 0 Å². The first-order valence-corrected chi connectivity index (χ1v) is 10.1. The van der Waals surface area contributed by atoms with Crippen molar-refractivity contribution in [3.8, 4) is 11.8 Å². The second-order valence-corrected chi connectivity index (χ2v) is 8.45. The number of rotatable bonds is 3. The van der Waals surface area contributed by atoms with E-state index in [2.05, 4.69) is 54.9 Å². The lowest BCUT2D eigenvalue weighted by Gasteiger charge is -2.32. The van der Waals surface area contributed by atoms with Gasteiger partial charge in [0.1, 0.15) is 0 Å². The number of aryl methyl sites for hydroxylation is 1. The maximum absolute atomic E-state index is 11.6. The number of esters is 1. The van der Waals surface area contributed by atoms with E-state index in [0.717, 1.165) is 16.9 Å². The lowest BCUT2D eigenvalue weighted by Crippen LogP contribution is -2.23. The molecule has 2 aromatic rings. The molecular formula is C22H24N2O2S. The largest absolute Gasteiger partial charge is 0.466 e. The van der Waals surface area contributed by atoms with Crippen LogP contribution in [0.1, 0.15) is 55.1 Å². The molecule has 0 spiro atoms. The summed E-state index contributed by atoms with van der Waals surface area (Å²) in [4.78, 5) is 13.0. The molecule has 0 unspecified atom stereocenters. The Bertz CT molecular complexity index is 926. The highest BCUT2D eigenvalue weighted by Gasteiger charge is 2.28. The van der Waals surface area contributed by atoms with Gasteiger partial charge in [-0.1, -0.05) is 25.7 Å². The van der Waals surface area contributed by atoms with Gasteiger partial charge in [-0.05, 0) is 60.8 Å². The molecule has 0 radical (unpaired) electrons. The van der Waals surface area contributed by atoms with E-state index in [1.165, 1.54) is 22.4 Å². The summed E-state index contributed by atoms with van der Waals surface area (Å²) in [5, 5.41) is 7.95. The minimum Gasteiger partial charge on any atom is -0.466 e. The van der Waals surface area contributed by atoms with Gasteiger partial charge < -0.3 is 4.74 Å². The molecule has 0 aliphatic carbocycles. The molecular weight excluding hydrogens is 356 g/mol. The lowest BCUT2D eigenvalue weighted by molar-refractivity contribution is -0.142. The van der Waals surface area contributed by atoms with Gasteiger partial charge >= 0.3 is 5.97 Å². The number of thioether (sulfide) groups is 1. The summed E-state index contributed by atoms with van der Waals surface area (Å²) in [7, 11) is 0. The van der Waals surface area contributed by atoms with Crippen molar-refractivity contribution in [2.75, 3.05) is 12.4 Å². The number of hydrogen-bond donors (Lipinski definition) is 0. The summed E-state index contributed by atoms with van der Waals surface area (Å²) in [5.41, 5.74) is 5.09. The monoisotopic (exact) mass is 380 g/mol. The summed E-state index contributed by atoms with van der Waals surface area (Å²) < 4.78 is 4.96. The normalized spacial score (nSPS) is 14.7. The van der Waals surface area contributed by atoms with Gasteiger partial charge in [-0.2, -0.15) is 10.2 Å². The van der Waals surface area contributed by atoms with Gasteiger partial charge in [0.15, 0.2) is 0 Å². The molecule has 2 heterocycles. The van der Waals surface area contributed by atoms with Crippen molar-refractivity contribution in [3.05, 3.63) is 52.3 Å². The zero-order valence-electron chi connectivity index (χ0n) is 16.3. The van der Waals surface area contributed by atoms with Gasteiger partial charge in [-0.15, -0.1) is 11.8 Å². The third-order valence-corrected chi connectivity index (χ3v) is 5.77. The van der Waals surface area contributed by atoms with Crippen LogP contribution >= 0.6 is 11.8 Å². The topological polar surface area (TPSA) is 52.1 Å². The smallest absolute Gasteiger partial charge is 0.311 e. The van der Waals surface area contributed by atoms with Crippen molar-refractivity contribution in [3.63, 3.8) is 0 Å². The number of hydrogen-bond acceptors (Lipinski definition) is 5. The first kappa shape index (κ1) is 19.4. The van der Waals surface area contributed by atoms with Crippen LogP contribution in [0, 0.1) is 18.8 Å². The Morgan fingerprint density at radius 1 is 1.30 bits per heavy atom. The fraction of sp³-hybridized carbons (Fsp3) is 0.409. The predicted octanol–water partition coefficient (Wildman–Crippen LogP) is 4.06. The van der Waals surface area contributed by atoms with Crippen molar-refractivity contribution >= 4 is 17.7 Å². The molecule has 27 heavy (non-hydrogen) atoms. The zero-order chi connectivity index (χ0) is 19.4. The number of benzene rings is 1. The summed E-state index contributed by atoms with van der Waals surface area (Å²) in [6.07, 6.45) is 2.90. The molecule has 0 N–H and O–H groups in total. The molecule has 1 aromatic carbocycles. The quantitative estimate of drug-likeness (QED) is 0.594. The Kier molecular flexibility index (Phi) is 5.86. The molecule has 5 heteroatoms. The van der Waals surface area contributed by atoms with E-state index in [1.54, 1.807) is 19.2 Å². The van der Waals surface area contributed by atoms with Crippen LogP contribution in [-0.2, 0) is 21.4 Å². The Balaban J connectivity index is 1.87. The number of nitrogens with zero attached hydrogens (tertiary/aromatic N) is 2. The van der Waals surface area contributed by atoms with Crippen molar-refractivity contribution in [2.45, 2.75) is 50.8 Å². The fourth-order valence-corrected chi connectivity index (χ4v) is 4.66. The maximum Gasteiger partial charge on any atom is 0.311 e. The van der Waals surface area contributed by atoms with Crippen molar-refractivity contribution in [2.24, 2.45) is 0 Å². The van der Waals surface area contributed by atoms with Gasteiger partial charge in [0.25, 0.3) is 0 Å². The number of carbonyl (C=O) groups is 1. The van der Waals surface area contributed by atoms with E-state index in [1.807, 2.05) is 11.8 Å². The highest BCUT2D eigenvalue weighted by Crippen LogP contribution is 2.42. The maximum atomic E-state index is 11.6. The SMILES string of the molecule is CCOC(=O)Cc1cc(C#Cc2cc3c(cc2C)SCCC3(C)C)cnn1. The van der Waals surface area contributed by atoms with Crippen molar-refractivity contribution < 1.29 is 9.53 Å². The predicted molar refractivity (Wildman–Crippen MR) is 108 cm³/mol. The minimum atomic E-state index is -0.304. The molecule has 0 fully saturated rings. The third kappa shape index (κ3) is 4.70. The van der Waals surface area contributed by atoms with E-state index in [9.17, 15) is 4.79 Å². The van der Waals surface area contributed by atoms with Crippen LogP contribution in [-0.4, -0.2) is 28.5 Å². The molecule has 0 amide bonds. The third-order valence-electron chi connectivity index (χ3n) is 4.72. The number of fused-ring (bicyclic) bond motifs is 1. The van der Waals surface area contributed by atoms with Crippen LogP contribution in [0.5, 0.6) is 0 Å². The van der Waals surface area contributed by atoms with E-state index >= 15 is 0 Å². The standard InChI is InChI=1S/C22H24N2O2S/c1-5-26-21(25)13-18-11-16(14-23-24-18)6-7-17-12-19-20(10-15(17)2)27-9-8-22(19,3)4/h10-12,14H,5,8-9,13H2,1-4H3. The van der Waals surface area contributed by atoms with E-state index in [4.69, 9.17) is 4.74 Å². The lowest BCUT2D eigenvalue weighted by atomic mass is 9.80. The second-order valence-electron chi connectivity index (χ2n) is 7.31. The summed E-state index contributed by atoms with van der Waals surface area (Å²) >= 11 is 1.93. The van der Waals surface area contributed by atoms with Crippen LogP contribution in [0.2, 0.25) is 0 Å². The van der Waals surface area contributed by atoms with Crippen LogP contribution in [0.4, 0.5) is 0 Å². The number of ether oxygens (including phenoxy) is 1. The van der Waals surface area contributed by atoms with Crippen molar-refractivity contribution in [1.82, 2.24) is 10.2 Å². The Hall–Kier alpha value is -2.32. The van der Waals surface area contributed by atoms with Crippen LogP contribution < -0.4 is 0 Å². The van der Waals surface area contributed by atoms with Gasteiger partial charge in [0.2, 0.25) is 0 Å². The molecule has 1 aromatic heterocycles. The van der Waals surface area contributed by atoms with Crippen molar-refractivity contribution in [1.29, 1.82) is 0 Å². The summed E-state index contributed by atoms with van der Waals surface area (Å²) in [5.74, 6) is 7.31. The average molecular weight is 381 g/mol. The molecule has 3 rings (SSSR count). The second kappa shape index (κ2) is 8.14. The molecule has 0 atom stereocenters. The average Bonchev–Trinajstić information content (AvgIpc) is 2.60. The summed E-state index contributed by atoms with van der Waals surface area (Å²) in [6, 6.07) is 6.28. The highest BCUT2D eigenvalue weighted by atomic mass is 32.2. The zero-order valence-corrected chi connectivity index (χ0v) is 17.1. The van der Waals surface area contributed by atoms with Crippen LogP contribution in [0.3, 0.4) is 0 Å². The molecule has 140 valence electrons. The van der Waals surface area contributed by atoms with Crippen LogP contribution in [0.15, 0.2) is 29.3 Å². The van der Waals surface area contributed by atoms with Gasteiger partial charge in [-0.25, -0.2) is 0 Å². The minimum absolute atomic E-state index is 0.111. The number of aromatic nitrogens is 2. The highest BCUT2D eigenvalue weighted by molar-refractivity contribution is 7.99. The molecule has 1 aliphatic heterocycles. The Labute approximate surface area is 165 Å². The Morgan fingerprint density at radius 2 is 2.11 bits per heavy atom. The van der Waals surface area contributed by atoms with Gasteiger partial charge in [0.05, 0.1) is 24.9 Å². The van der Waals surface area contributed by atoms with E-state index in [0.29, 0.717) is 12.3 Å². The molecule has 4 nitrogen and oxygen atoms in total. The molecule has 0 saturated heterocycles. The number of carbonyl (C=O) groups excluding carboxylic acids is 1.